The van der Waals surface area contributed by atoms with E-state index in [-0.39, 0.29) is 5.92 Å². The molecule has 0 aromatic carbocycles. The van der Waals surface area contributed by atoms with Gasteiger partial charge in [0.1, 0.15) is 6.04 Å². The Hall–Kier alpha value is -0.360. The van der Waals surface area contributed by atoms with Gasteiger partial charge >= 0.3 is 5.97 Å². The van der Waals surface area contributed by atoms with Gasteiger partial charge in [0.25, 0.3) is 0 Å². The summed E-state index contributed by atoms with van der Waals surface area (Å²) in [6.07, 6.45) is 7.55. The van der Waals surface area contributed by atoms with Crippen LogP contribution in [-0.4, -0.2) is 17.1 Å². The highest BCUT2D eigenvalue weighted by Crippen LogP contribution is 2.23. The maximum absolute atomic E-state index is 10.5. The fourth-order valence-corrected chi connectivity index (χ4v) is 1.70. The number of hydrogen-bond donors (Lipinski definition) is 2. The first-order valence-electron chi connectivity index (χ1n) is 4.12. The number of halogens is 1. The molecule has 0 aliphatic heterocycles. The van der Waals surface area contributed by atoms with Gasteiger partial charge in [-0.25, -0.2) is 0 Å². The summed E-state index contributed by atoms with van der Waals surface area (Å²) >= 11 is 2.24. The molecule has 72 valence electrons. The van der Waals surface area contributed by atoms with Crippen molar-refractivity contribution in [3.05, 3.63) is 21.8 Å². The van der Waals surface area contributed by atoms with Crippen LogP contribution in [0.5, 0.6) is 0 Å². The molecule has 0 saturated heterocycles. The third-order valence-electron chi connectivity index (χ3n) is 2.02. The van der Waals surface area contributed by atoms with Crippen molar-refractivity contribution < 1.29 is 9.90 Å². The standard InChI is InChI=1S/C9H12INO2/c10-7-3-1-6(2-4-7)5-8(11)9(12)13/h1,3-4,6,8H,2,5,11H2,(H,12,13)/t6?,8-/m0/s1. The highest BCUT2D eigenvalue weighted by molar-refractivity contribution is 14.1. The van der Waals surface area contributed by atoms with Gasteiger partial charge in [-0.1, -0.05) is 18.2 Å². The fraction of sp³-hybridized carbons (Fsp3) is 0.444. The molecule has 0 aromatic heterocycles. The van der Waals surface area contributed by atoms with Gasteiger partial charge in [0, 0.05) is 3.58 Å². The SMILES string of the molecule is N[C@@H](CC1C=CC(I)=CC1)C(=O)O. The second-order valence-electron chi connectivity index (χ2n) is 3.12. The highest BCUT2D eigenvalue weighted by atomic mass is 127. The molecule has 3 N–H and O–H groups in total. The van der Waals surface area contributed by atoms with Gasteiger partial charge in [-0.2, -0.15) is 0 Å². The number of allylic oxidation sites excluding steroid dienone is 4. The zero-order valence-corrected chi connectivity index (χ0v) is 9.27. The van der Waals surface area contributed by atoms with Crippen molar-refractivity contribution in [1.29, 1.82) is 0 Å². The first-order chi connectivity index (χ1) is 6.09. The molecule has 2 atom stereocenters. The predicted octanol–water partition coefficient (Wildman–Crippen LogP) is 1.68. The highest BCUT2D eigenvalue weighted by Gasteiger charge is 2.17. The largest absolute Gasteiger partial charge is 0.480 e. The summed E-state index contributed by atoms with van der Waals surface area (Å²) in [6, 6.07) is -0.737. The lowest BCUT2D eigenvalue weighted by atomic mass is 9.94. The summed E-state index contributed by atoms with van der Waals surface area (Å²) in [5.41, 5.74) is 5.43. The minimum Gasteiger partial charge on any atom is -0.480 e. The van der Waals surface area contributed by atoms with E-state index in [1.807, 2.05) is 12.2 Å². The van der Waals surface area contributed by atoms with Gasteiger partial charge in [-0.05, 0) is 41.4 Å². The Balaban J connectivity index is 2.41. The normalized spacial score (nSPS) is 23.8. The Bertz CT molecular complexity index is 260. The van der Waals surface area contributed by atoms with Crippen molar-refractivity contribution in [2.45, 2.75) is 18.9 Å². The number of nitrogens with two attached hydrogens (primary N) is 1. The predicted molar refractivity (Wildman–Crippen MR) is 59.6 cm³/mol. The van der Waals surface area contributed by atoms with E-state index in [4.69, 9.17) is 10.8 Å². The van der Waals surface area contributed by atoms with Crippen LogP contribution in [0.1, 0.15) is 12.8 Å². The van der Waals surface area contributed by atoms with Crippen molar-refractivity contribution in [2.75, 3.05) is 0 Å². The van der Waals surface area contributed by atoms with Crippen molar-refractivity contribution in [3.8, 4) is 0 Å². The maximum Gasteiger partial charge on any atom is 0.320 e. The summed E-state index contributed by atoms with van der Waals surface area (Å²) in [6.45, 7) is 0. The molecule has 0 bridgehead atoms. The van der Waals surface area contributed by atoms with E-state index in [0.29, 0.717) is 6.42 Å². The zero-order valence-electron chi connectivity index (χ0n) is 7.11. The molecule has 0 saturated carbocycles. The third-order valence-corrected chi connectivity index (χ3v) is 2.82. The second-order valence-corrected chi connectivity index (χ2v) is 4.37. The van der Waals surface area contributed by atoms with Crippen LogP contribution in [0.15, 0.2) is 21.8 Å². The topological polar surface area (TPSA) is 63.3 Å². The van der Waals surface area contributed by atoms with Crippen LogP contribution >= 0.6 is 22.6 Å². The molecule has 0 fully saturated rings. The molecule has 0 aromatic rings. The minimum absolute atomic E-state index is 0.282. The van der Waals surface area contributed by atoms with Crippen molar-refractivity contribution in [2.24, 2.45) is 11.7 Å². The zero-order chi connectivity index (χ0) is 9.84. The second kappa shape index (κ2) is 4.76. The van der Waals surface area contributed by atoms with Crippen LogP contribution in [0.3, 0.4) is 0 Å². The monoisotopic (exact) mass is 293 g/mol. The van der Waals surface area contributed by atoms with Gasteiger partial charge < -0.3 is 10.8 Å². The Morgan fingerprint density at radius 1 is 1.85 bits per heavy atom. The van der Waals surface area contributed by atoms with Crippen LogP contribution in [0.4, 0.5) is 0 Å². The summed E-state index contributed by atoms with van der Waals surface area (Å²) in [5.74, 6) is -0.637. The Morgan fingerprint density at radius 3 is 3.00 bits per heavy atom. The van der Waals surface area contributed by atoms with Crippen molar-refractivity contribution >= 4 is 28.6 Å². The summed E-state index contributed by atoms with van der Waals surface area (Å²) < 4.78 is 1.21. The van der Waals surface area contributed by atoms with E-state index in [9.17, 15) is 4.79 Å². The summed E-state index contributed by atoms with van der Waals surface area (Å²) in [7, 11) is 0. The molecular formula is C9H12INO2. The molecule has 0 radical (unpaired) electrons. The lowest BCUT2D eigenvalue weighted by Gasteiger charge is -2.16. The van der Waals surface area contributed by atoms with Crippen LogP contribution in [0, 0.1) is 5.92 Å². The van der Waals surface area contributed by atoms with E-state index < -0.39 is 12.0 Å². The number of rotatable bonds is 3. The molecular weight excluding hydrogens is 281 g/mol. The minimum atomic E-state index is -0.919. The Morgan fingerprint density at radius 2 is 2.54 bits per heavy atom. The molecule has 4 heteroatoms. The van der Waals surface area contributed by atoms with E-state index in [2.05, 4.69) is 28.7 Å². The van der Waals surface area contributed by atoms with Gasteiger partial charge in [0.05, 0.1) is 0 Å². The van der Waals surface area contributed by atoms with Crippen LogP contribution in [-0.2, 0) is 4.79 Å². The number of hydrogen-bond acceptors (Lipinski definition) is 2. The lowest BCUT2D eigenvalue weighted by Crippen LogP contribution is -2.32. The van der Waals surface area contributed by atoms with Gasteiger partial charge in [0.15, 0.2) is 0 Å². The average molecular weight is 293 g/mol. The van der Waals surface area contributed by atoms with Gasteiger partial charge in [0.2, 0.25) is 0 Å². The fourth-order valence-electron chi connectivity index (χ4n) is 1.24. The molecule has 1 unspecified atom stereocenters. The molecule has 1 aliphatic carbocycles. The lowest BCUT2D eigenvalue weighted by molar-refractivity contribution is -0.138. The molecule has 1 aliphatic rings. The summed E-state index contributed by atoms with van der Waals surface area (Å²) in [4.78, 5) is 10.5. The molecule has 0 heterocycles. The molecule has 0 spiro atoms. The van der Waals surface area contributed by atoms with Crippen molar-refractivity contribution in [1.82, 2.24) is 0 Å². The van der Waals surface area contributed by atoms with E-state index in [1.54, 1.807) is 0 Å². The Kier molecular flexibility index (Phi) is 3.92. The van der Waals surface area contributed by atoms with Gasteiger partial charge in [-0.15, -0.1) is 0 Å². The van der Waals surface area contributed by atoms with E-state index in [0.717, 1.165) is 6.42 Å². The molecule has 0 amide bonds. The van der Waals surface area contributed by atoms with Crippen LogP contribution in [0.25, 0.3) is 0 Å². The third kappa shape index (κ3) is 3.48. The van der Waals surface area contributed by atoms with E-state index in [1.165, 1.54) is 3.58 Å². The smallest absolute Gasteiger partial charge is 0.320 e. The van der Waals surface area contributed by atoms with Gasteiger partial charge in [-0.3, -0.25) is 4.79 Å². The average Bonchev–Trinajstić information content (AvgIpc) is 2.08. The molecule has 13 heavy (non-hydrogen) atoms. The Labute approximate surface area is 90.8 Å². The van der Waals surface area contributed by atoms with Crippen LogP contribution in [0.2, 0.25) is 0 Å². The number of carboxylic acids is 1. The first-order valence-corrected chi connectivity index (χ1v) is 5.19. The van der Waals surface area contributed by atoms with Crippen LogP contribution < -0.4 is 5.73 Å². The molecule has 3 nitrogen and oxygen atoms in total. The number of carboxylic acid groups (broad SMARTS) is 1. The van der Waals surface area contributed by atoms with Crippen molar-refractivity contribution in [3.63, 3.8) is 0 Å². The quantitative estimate of drug-likeness (QED) is 0.778. The van der Waals surface area contributed by atoms with E-state index >= 15 is 0 Å². The summed E-state index contributed by atoms with van der Waals surface area (Å²) in [5, 5.41) is 8.60. The number of carbonyl (C=O) groups is 1. The number of aliphatic carboxylic acids is 1. The molecule has 1 rings (SSSR count). The first kappa shape index (κ1) is 10.7. The maximum atomic E-state index is 10.5.